The van der Waals surface area contributed by atoms with Gasteiger partial charge >= 0.3 is 11.9 Å². The van der Waals surface area contributed by atoms with Gasteiger partial charge in [0.15, 0.2) is 5.75 Å². The summed E-state index contributed by atoms with van der Waals surface area (Å²) < 4.78 is 21.3. The summed E-state index contributed by atoms with van der Waals surface area (Å²) in [5.74, 6) is 0.229. The Morgan fingerprint density at radius 3 is 2.23 bits per heavy atom. The van der Waals surface area contributed by atoms with Gasteiger partial charge in [-0.3, -0.25) is 0 Å². The van der Waals surface area contributed by atoms with Crippen molar-refractivity contribution >= 4 is 33.7 Å². The fraction of sp³-hybridized carbons (Fsp3) is 0.130. The summed E-state index contributed by atoms with van der Waals surface area (Å²) in [6.45, 7) is 0. The van der Waals surface area contributed by atoms with Crippen LogP contribution in [0.25, 0.3) is 21.8 Å². The molecule has 4 rings (SSSR count). The number of hydrogen-bond acceptors (Lipinski definition) is 6. The van der Waals surface area contributed by atoms with E-state index in [0.717, 1.165) is 5.52 Å². The molecule has 1 heterocycles. The maximum atomic E-state index is 12.7. The Morgan fingerprint density at radius 1 is 0.833 bits per heavy atom. The van der Waals surface area contributed by atoms with Gasteiger partial charge in [0, 0.05) is 16.3 Å². The van der Waals surface area contributed by atoms with E-state index in [2.05, 4.69) is 4.98 Å². The number of carbonyl (C=O) groups excluding carboxylic acids is 2. The van der Waals surface area contributed by atoms with Crippen molar-refractivity contribution in [2.45, 2.75) is 0 Å². The van der Waals surface area contributed by atoms with Gasteiger partial charge < -0.3 is 23.9 Å². The fourth-order valence-corrected chi connectivity index (χ4v) is 3.43. The van der Waals surface area contributed by atoms with E-state index >= 15 is 0 Å². The molecule has 1 aromatic heterocycles. The first-order valence-corrected chi connectivity index (χ1v) is 9.13. The van der Waals surface area contributed by atoms with E-state index in [1.165, 1.54) is 20.3 Å². The van der Waals surface area contributed by atoms with E-state index in [0.29, 0.717) is 33.5 Å². The van der Waals surface area contributed by atoms with Crippen molar-refractivity contribution in [2.75, 3.05) is 21.3 Å². The number of methoxy groups -OCH3 is 3. The smallest absolute Gasteiger partial charge is 0.339 e. The molecule has 1 N–H and O–H groups in total. The topological polar surface area (TPSA) is 86.9 Å². The van der Waals surface area contributed by atoms with Crippen molar-refractivity contribution < 1.29 is 28.5 Å². The molecule has 7 nitrogen and oxygen atoms in total. The Hall–Kier alpha value is -4.00. The first-order valence-electron chi connectivity index (χ1n) is 9.13. The summed E-state index contributed by atoms with van der Waals surface area (Å²) in [5, 5.41) is 1.18. The molecule has 4 aromatic rings. The number of aromatic amines is 1. The SMILES string of the molecule is COC(=O)c1cc(Oc2ccccc2)c2[nH]c3ccc(OC)cc3c2c1C(=O)OC. The molecule has 0 amide bonds. The molecule has 0 fully saturated rings. The van der Waals surface area contributed by atoms with Gasteiger partial charge in [0.2, 0.25) is 0 Å². The summed E-state index contributed by atoms with van der Waals surface area (Å²) in [6.07, 6.45) is 0. The molecule has 0 saturated carbocycles. The van der Waals surface area contributed by atoms with Crippen LogP contribution < -0.4 is 9.47 Å². The second-order valence-corrected chi connectivity index (χ2v) is 6.48. The van der Waals surface area contributed by atoms with Crippen molar-refractivity contribution in [3.8, 4) is 17.2 Å². The highest BCUT2D eigenvalue weighted by Gasteiger charge is 2.27. The van der Waals surface area contributed by atoms with Crippen LogP contribution in [0.3, 0.4) is 0 Å². The highest BCUT2D eigenvalue weighted by molar-refractivity contribution is 6.22. The predicted octanol–water partition coefficient (Wildman–Crippen LogP) is 4.70. The van der Waals surface area contributed by atoms with E-state index in [4.69, 9.17) is 18.9 Å². The molecule has 0 bridgehead atoms. The van der Waals surface area contributed by atoms with Gasteiger partial charge in [0.05, 0.1) is 38.0 Å². The van der Waals surface area contributed by atoms with Crippen LogP contribution in [0.1, 0.15) is 20.7 Å². The van der Waals surface area contributed by atoms with Gasteiger partial charge in [-0.1, -0.05) is 18.2 Å². The van der Waals surface area contributed by atoms with Crippen molar-refractivity contribution in [2.24, 2.45) is 0 Å². The maximum Gasteiger partial charge on any atom is 0.339 e. The number of para-hydroxylation sites is 1. The maximum absolute atomic E-state index is 12.7. The Kier molecular flexibility index (Phi) is 5.02. The molecule has 30 heavy (non-hydrogen) atoms. The molecule has 0 aliphatic heterocycles. The predicted molar refractivity (Wildman–Crippen MR) is 112 cm³/mol. The standard InChI is InChI=1S/C23H19NO6/c1-27-14-9-10-17-15(11-14)19-20(23(26)29-3)16(22(25)28-2)12-18(21(19)24-17)30-13-7-5-4-6-8-13/h4-12,24H,1-3H3. The third-order valence-corrected chi connectivity index (χ3v) is 4.81. The fourth-order valence-electron chi connectivity index (χ4n) is 3.43. The number of fused-ring (bicyclic) bond motifs is 3. The molecule has 0 aliphatic rings. The zero-order chi connectivity index (χ0) is 21.3. The van der Waals surface area contributed by atoms with E-state index < -0.39 is 11.9 Å². The lowest BCUT2D eigenvalue weighted by Gasteiger charge is -2.13. The molecule has 0 aliphatic carbocycles. The average molecular weight is 405 g/mol. The molecule has 7 heteroatoms. The van der Waals surface area contributed by atoms with E-state index in [1.54, 1.807) is 31.4 Å². The Morgan fingerprint density at radius 2 is 1.57 bits per heavy atom. The van der Waals surface area contributed by atoms with Crippen LogP contribution in [-0.2, 0) is 9.47 Å². The first kappa shape index (κ1) is 19.3. The molecule has 0 spiro atoms. The lowest BCUT2D eigenvalue weighted by Crippen LogP contribution is -2.12. The number of aromatic nitrogens is 1. The van der Waals surface area contributed by atoms with Gasteiger partial charge in [-0.05, 0) is 36.4 Å². The van der Waals surface area contributed by atoms with E-state index in [1.807, 2.05) is 24.3 Å². The third kappa shape index (κ3) is 3.20. The first-order chi connectivity index (χ1) is 14.6. The second kappa shape index (κ2) is 7.79. The number of benzene rings is 3. The van der Waals surface area contributed by atoms with Crippen LogP contribution in [0.4, 0.5) is 0 Å². The number of H-pyrrole nitrogens is 1. The van der Waals surface area contributed by atoms with E-state index in [-0.39, 0.29) is 11.1 Å². The average Bonchev–Trinajstić information content (AvgIpc) is 3.17. The van der Waals surface area contributed by atoms with Gasteiger partial charge in [0.25, 0.3) is 0 Å². The number of nitrogens with one attached hydrogen (secondary N) is 1. The minimum atomic E-state index is -0.674. The Bertz CT molecular complexity index is 1260. The zero-order valence-electron chi connectivity index (χ0n) is 16.6. The van der Waals surface area contributed by atoms with Crippen LogP contribution in [-0.4, -0.2) is 38.3 Å². The molecule has 0 radical (unpaired) electrons. The number of ether oxygens (including phenoxy) is 4. The van der Waals surface area contributed by atoms with Crippen LogP contribution in [0.2, 0.25) is 0 Å². The minimum absolute atomic E-state index is 0.0477. The second-order valence-electron chi connectivity index (χ2n) is 6.48. The lowest BCUT2D eigenvalue weighted by atomic mass is 9.99. The molecule has 0 saturated heterocycles. The zero-order valence-corrected chi connectivity index (χ0v) is 16.6. The summed E-state index contributed by atoms with van der Waals surface area (Å²) in [4.78, 5) is 28.6. The van der Waals surface area contributed by atoms with Crippen molar-refractivity contribution in [1.29, 1.82) is 0 Å². The normalized spacial score (nSPS) is 10.8. The molecular formula is C23H19NO6. The largest absolute Gasteiger partial charge is 0.497 e. The van der Waals surface area contributed by atoms with Crippen molar-refractivity contribution in [3.63, 3.8) is 0 Å². The number of hydrogen-bond donors (Lipinski definition) is 1. The van der Waals surface area contributed by atoms with Crippen LogP contribution in [0.5, 0.6) is 17.2 Å². The van der Waals surface area contributed by atoms with E-state index in [9.17, 15) is 9.59 Å². The summed E-state index contributed by atoms with van der Waals surface area (Å²) in [5.41, 5.74) is 1.44. The summed E-state index contributed by atoms with van der Waals surface area (Å²) in [7, 11) is 4.07. The van der Waals surface area contributed by atoms with Crippen LogP contribution in [0.15, 0.2) is 54.6 Å². The molecule has 152 valence electrons. The van der Waals surface area contributed by atoms with Crippen molar-refractivity contribution in [1.82, 2.24) is 4.98 Å². The quantitative estimate of drug-likeness (QED) is 0.485. The van der Waals surface area contributed by atoms with Crippen LogP contribution >= 0.6 is 0 Å². The minimum Gasteiger partial charge on any atom is -0.497 e. The number of rotatable bonds is 5. The highest BCUT2D eigenvalue weighted by atomic mass is 16.5. The monoisotopic (exact) mass is 405 g/mol. The number of carbonyl (C=O) groups is 2. The van der Waals surface area contributed by atoms with Gasteiger partial charge in [0.1, 0.15) is 11.5 Å². The Balaban J connectivity index is 2.11. The van der Waals surface area contributed by atoms with Gasteiger partial charge in [-0.15, -0.1) is 0 Å². The van der Waals surface area contributed by atoms with Crippen molar-refractivity contribution in [3.05, 3.63) is 65.7 Å². The lowest BCUT2D eigenvalue weighted by molar-refractivity contribution is 0.0557. The molecule has 3 aromatic carbocycles. The summed E-state index contributed by atoms with van der Waals surface area (Å²) in [6, 6.07) is 16.0. The summed E-state index contributed by atoms with van der Waals surface area (Å²) >= 11 is 0. The Labute approximate surface area is 172 Å². The molecule has 0 unspecified atom stereocenters. The molecular weight excluding hydrogens is 386 g/mol. The van der Waals surface area contributed by atoms with Gasteiger partial charge in [-0.25, -0.2) is 9.59 Å². The third-order valence-electron chi connectivity index (χ3n) is 4.81. The number of esters is 2. The molecule has 0 atom stereocenters. The van der Waals surface area contributed by atoms with Crippen LogP contribution in [0, 0.1) is 0 Å². The van der Waals surface area contributed by atoms with Gasteiger partial charge in [-0.2, -0.15) is 0 Å². The highest BCUT2D eigenvalue weighted by Crippen LogP contribution is 2.40.